The smallest absolute Gasteiger partial charge is 0.265 e. The van der Waals surface area contributed by atoms with E-state index in [0.717, 1.165) is 15.8 Å². The molecule has 6 nitrogen and oxygen atoms in total. The van der Waals surface area contributed by atoms with Crippen molar-refractivity contribution in [3.05, 3.63) is 59.0 Å². The van der Waals surface area contributed by atoms with Gasteiger partial charge in [-0.15, -0.1) is 0 Å². The highest BCUT2D eigenvalue weighted by Gasteiger charge is 2.33. The summed E-state index contributed by atoms with van der Waals surface area (Å²) in [7, 11) is 0. The van der Waals surface area contributed by atoms with Gasteiger partial charge in [0.2, 0.25) is 6.10 Å². The summed E-state index contributed by atoms with van der Waals surface area (Å²) in [4.78, 5) is 17.0. The number of hydrogen-bond donors (Lipinski definition) is 1. The third-order valence-electron chi connectivity index (χ3n) is 4.01. The van der Waals surface area contributed by atoms with Gasteiger partial charge in [0, 0.05) is 16.9 Å². The first-order valence-electron chi connectivity index (χ1n) is 7.93. The standard InChI is InChI=1S/C18H16BrN3O3/c1-11-17(25-15-5-3-2-4-14(15)24-11)18(23)20-8-13-10-22-9-12(19)6-7-16(22)21-13/h2-7,9-11,17H,8H2,1H3,(H,20,23)/t11-,17+/m0/s1. The van der Waals surface area contributed by atoms with Crippen LogP contribution in [0.3, 0.4) is 0 Å². The summed E-state index contributed by atoms with van der Waals surface area (Å²) in [5, 5.41) is 2.87. The Hall–Kier alpha value is -2.54. The average molecular weight is 402 g/mol. The third kappa shape index (κ3) is 3.19. The molecule has 25 heavy (non-hydrogen) atoms. The van der Waals surface area contributed by atoms with Gasteiger partial charge in [-0.05, 0) is 47.1 Å². The first kappa shape index (κ1) is 16.0. The van der Waals surface area contributed by atoms with Gasteiger partial charge in [-0.2, -0.15) is 0 Å². The molecule has 3 aromatic rings. The van der Waals surface area contributed by atoms with E-state index >= 15 is 0 Å². The summed E-state index contributed by atoms with van der Waals surface area (Å²) in [5.74, 6) is 1.02. The zero-order valence-corrected chi connectivity index (χ0v) is 15.1. The van der Waals surface area contributed by atoms with Crippen LogP contribution in [0.4, 0.5) is 0 Å². The summed E-state index contributed by atoms with van der Waals surface area (Å²) >= 11 is 3.43. The Balaban J connectivity index is 1.44. The molecule has 1 aromatic carbocycles. The minimum atomic E-state index is -0.693. The Bertz CT molecular complexity index is 940. The van der Waals surface area contributed by atoms with Gasteiger partial charge >= 0.3 is 0 Å². The fraction of sp³-hybridized carbons (Fsp3) is 0.222. The normalized spacial score (nSPS) is 19.0. The van der Waals surface area contributed by atoms with Crippen molar-refractivity contribution in [3.8, 4) is 11.5 Å². The van der Waals surface area contributed by atoms with Gasteiger partial charge in [-0.1, -0.05) is 12.1 Å². The number of benzene rings is 1. The lowest BCUT2D eigenvalue weighted by Gasteiger charge is -2.30. The van der Waals surface area contributed by atoms with Crippen LogP contribution in [-0.2, 0) is 11.3 Å². The van der Waals surface area contributed by atoms with Crippen molar-refractivity contribution in [2.24, 2.45) is 0 Å². The molecule has 1 aliphatic heterocycles. The maximum Gasteiger partial charge on any atom is 0.265 e. The summed E-state index contributed by atoms with van der Waals surface area (Å²) < 4.78 is 14.4. The Morgan fingerprint density at radius 3 is 2.76 bits per heavy atom. The Morgan fingerprint density at radius 1 is 1.20 bits per heavy atom. The van der Waals surface area contributed by atoms with Crippen molar-refractivity contribution in [2.45, 2.75) is 25.7 Å². The molecule has 1 N–H and O–H groups in total. The average Bonchev–Trinajstić information content (AvgIpc) is 3.01. The third-order valence-corrected chi connectivity index (χ3v) is 4.48. The molecule has 0 saturated carbocycles. The highest BCUT2D eigenvalue weighted by atomic mass is 79.9. The molecule has 128 valence electrons. The van der Waals surface area contributed by atoms with Crippen molar-refractivity contribution in [1.82, 2.24) is 14.7 Å². The number of aromatic nitrogens is 2. The fourth-order valence-electron chi connectivity index (χ4n) is 2.79. The maximum absolute atomic E-state index is 12.5. The molecule has 2 aromatic heterocycles. The van der Waals surface area contributed by atoms with Crippen LogP contribution in [0.5, 0.6) is 11.5 Å². The molecule has 3 heterocycles. The van der Waals surface area contributed by atoms with Crippen LogP contribution >= 0.6 is 15.9 Å². The van der Waals surface area contributed by atoms with Gasteiger partial charge in [0.05, 0.1) is 12.2 Å². The van der Waals surface area contributed by atoms with Crippen molar-refractivity contribution >= 4 is 27.5 Å². The Morgan fingerprint density at radius 2 is 1.96 bits per heavy atom. The number of pyridine rings is 1. The summed E-state index contributed by atoms with van der Waals surface area (Å²) in [5.41, 5.74) is 1.60. The van der Waals surface area contributed by atoms with E-state index in [0.29, 0.717) is 18.0 Å². The number of nitrogens with zero attached hydrogens (tertiary/aromatic N) is 2. The predicted octanol–water partition coefficient (Wildman–Crippen LogP) is 2.94. The van der Waals surface area contributed by atoms with E-state index in [9.17, 15) is 4.79 Å². The molecule has 7 heteroatoms. The lowest BCUT2D eigenvalue weighted by molar-refractivity contribution is -0.133. The van der Waals surface area contributed by atoms with E-state index < -0.39 is 6.10 Å². The molecule has 1 amide bonds. The zero-order valence-electron chi connectivity index (χ0n) is 13.5. The molecule has 1 aliphatic rings. The molecule has 0 fully saturated rings. The Kier molecular flexibility index (Phi) is 4.09. The van der Waals surface area contributed by atoms with Crippen LogP contribution in [0.15, 0.2) is 53.3 Å². The van der Waals surface area contributed by atoms with E-state index in [1.165, 1.54) is 0 Å². The first-order chi connectivity index (χ1) is 12.1. The second-order valence-electron chi connectivity index (χ2n) is 5.87. The SMILES string of the molecule is C[C@@H]1Oc2ccccc2O[C@H]1C(=O)NCc1cn2cc(Br)ccc2n1. The van der Waals surface area contributed by atoms with Crippen molar-refractivity contribution in [2.75, 3.05) is 0 Å². The fourth-order valence-corrected chi connectivity index (χ4v) is 3.14. The van der Waals surface area contributed by atoms with Crippen LogP contribution in [0.25, 0.3) is 5.65 Å². The summed E-state index contributed by atoms with van der Waals surface area (Å²) in [6.45, 7) is 2.15. The molecule has 0 aliphatic carbocycles. The van der Waals surface area contributed by atoms with E-state index in [1.54, 1.807) is 6.07 Å². The van der Waals surface area contributed by atoms with Gasteiger partial charge in [0.1, 0.15) is 11.8 Å². The van der Waals surface area contributed by atoms with Crippen molar-refractivity contribution in [1.29, 1.82) is 0 Å². The monoisotopic (exact) mass is 401 g/mol. The molecule has 0 radical (unpaired) electrons. The molecule has 0 saturated heterocycles. The summed E-state index contributed by atoms with van der Waals surface area (Å²) in [6, 6.07) is 11.2. The number of para-hydroxylation sites is 2. The number of imidazole rings is 1. The topological polar surface area (TPSA) is 64.9 Å². The predicted molar refractivity (Wildman–Crippen MR) is 95.7 cm³/mol. The number of fused-ring (bicyclic) bond motifs is 2. The van der Waals surface area contributed by atoms with Crippen LogP contribution in [-0.4, -0.2) is 27.5 Å². The molecule has 4 rings (SSSR count). The number of carbonyl (C=O) groups excluding carboxylic acids is 1. The molecule has 0 spiro atoms. The number of rotatable bonds is 3. The minimum absolute atomic E-state index is 0.222. The van der Waals surface area contributed by atoms with Crippen LogP contribution < -0.4 is 14.8 Å². The second-order valence-corrected chi connectivity index (χ2v) is 6.79. The second kappa shape index (κ2) is 6.40. The van der Waals surface area contributed by atoms with Gasteiger partial charge in [0.15, 0.2) is 11.5 Å². The molecule has 2 atom stereocenters. The van der Waals surface area contributed by atoms with E-state index in [4.69, 9.17) is 9.47 Å². The molecular formula is C18H16BrN3O3. The first-order valence-corrected chi connectivity index (χ1v) is 8.72. The number of amides is 1. The summed E-state index contributed by atoms with van der Waals surface area (Å²) in [6.07, 6.45) is 2.75. The minimum Gasteiger partial charge on any atom is -0.482 e. The lowest BCUT2D eigenvalue weighted by Crippen LogP contribution is -2.48. The number of ether oxygens (including phenoxy) is 2. The van der Waals surface area contributed by atoms with Gasteiger partial charge in [-0.25, -0.2) is 4.98 Å². The van der Waals surface area contributed by atoms with Gasteiger partial charge in [0.25, 0.3) is 5.91 Å². The number of halogens is 1. The number of carbonyl (C=O) groups is 1. The van der Waals surface area contributed by atoms with E-state index in [-0.39, 0.29) is 12.0 Å². The number of nitrogens with one attached hydrogen (secondary N) is 1. The largest absolute Gasteiger partial charge is 0.482 e. The van der Waals surface area contributed by atoms with Gasteiger partial charge in [-0.3, -0.25) is 4.79 Å². The Labute approximate surface area is 152 Å². The highest BCUT2D eigenvalue weighted by Crippen LogP contribution is 2.33. The quantitative estimate of drug-likeness (QED) is 0.732. The maximum atomic E-state index is 12.5. The van der Waals surface area contributed by atoms with E-state index in [1.807, 2.05) is 54.0 Å². The number of hydrogen-bond acceptors (Lipinski definition) is 4. The van der Waals surface area contributed by atoms with Crippen molar-refractivity contribution in [3.63, 3.8) is 0 Å². The van der Waals surface area contributed by atoms with Gasteiger partial charge < -0.3 is 19.2 Å². The molecule has 0 unspecified atom stereocenters. The molecular weight excluding hydrogens is 386 g/mol. The van der Waals surface area contributed by atoms with E-state index in [2.05, 4.69) is 26.2 Å². The lowest BCUT2D eigenvalue weighted by atomic mass is 10.1. The van der Waals surface area contributed by atoms with Crippen molar-refractivity contribution < 1.29 is 14.3 Å². The van der Waals surface area contributed by atoms with Crippen LogP contribution in [0.1, 0.15) is 12.6 Å². The zero-order chi connectivity index (χ0) is 17.4. The molecule has 0 bridgehead atoms. The van der Waals surface area contributed by atoms with Crippen LogP contribution in [0.2, 0.25) is 0 Å². The highest BCUT2D eigenvalue weighted by molar-refractivity contribution is 9.10. The van der Waals surface area contributed by atoms with Crippen LogP contribution in [0, 0.1) is 0 Å².